The van der Waals surface area contributed by atoms with Crippen molar-refractivity contribution in [2.75, 3.05) is 26.4 Å². The molecule has 7 rings (SSSR count). The molecule has 0 aliphatic carbocycles. The molecule has 0 spiro atoms. The summed E-state index contributed by atoms with van der Waals surface area (Å²) in [4.78, 5) is 70.2. The molecule has 5 aromatic heterocycles. The molecule has 0 bridgehead atoms. The predicted octanol–water partition coefficient (Wildman–Crippen LogP) is 13.0. The van der Waals surface area contributed by atoms with Gasteiger partial charge >= 0.3 is 29.9 Å². The van der Waals surface area contributed by atoms with Crippen LogP contribution >= 0.6 is 0 Å². The van der Waals surface area contributed by atoms with Gasteiger partial charge in [-0.1, -0.05) is 108 Å². The van der Waals surface area contributed by atoms with Gasteiger partial charge in [-0.25, -0.2) is 28.6 Å². The van der Waals surface area contributed by atoms with Gasteiger partial charge in [-0.3, -0.25) is 4.79 Å². The van der Waals surface area contributed by atoms with E-state index in [4.69, 9.17) is 40.5 Å². The summed E-state index contributed by atoms with van der Waals surface area (Å²) in [6, 6.07) is 10.3. The highest BCUT2D eigenvalue weighted by atomic mass is 16.5. The van der Waals surface area contributed by atoms with E-state index in [2.05, 4.69) is 56.5 Å². The fraction of sp³-hybridized carbons (Fsp3) is 0.459. The molecule has 0 radical (unpaired) electrons. The van der Waals surface area contributed by atoms with E-state index in [-0.39, 0.29) is 130 Å². The van der Waals surface area contributed by atoms with Crippen LogP contribution in [0.25, 0.3) is 28.1 Å². The summed E-state index contributed by atoms with van der Waals surface area (Å²) in [5, 5.41) is 70.9. The van der Waals surface area contributed by atoms with E-state index >= 15 is 0 Å². The smallest absolute Gasteiger partial charge is 0.338 e. The molecule has 468 valence electrons. The summed E-state index contributed by atoms with van der Waals surface area (Å²) in [5.41, 5.74) is -1.50. The summed E-state index contributed by atoms with van der Waals surface area (Å²) < 4.78 is 32.5. The van der Waals surface area contributed by atoms with Crippen molar-refractivity contribution in [3.05, 3.63) is 93.9 Å². The standard InChI is InChI=1S/C61H73N17O11/c1-13-18-23-45(79)89-43-32-39(56(84)87-26-21-16-4)31-42(33-43)75-50(40(34-62)35-64-75)71-69-46-48(60(6,7)8)73-77(52(46)80)57-66-58(68-59(67-57)88-27-22-17-5)78-53(81)47(49(74-78)61(9,10)11)70-72-51-44(63-12)36-65-76(51)41-29-37(54(82)85-24-19-14-2)28-38(30-41)55(83)86-25-20-15-3/h28-33,35-36,80-81H,13-27H2,1-11H3. The van der Waals surface area contributed by atoms with Crippen molar-refractivity contribution in [2.24, 2.45) is 20.5 Å². The lowest BCUT2D eigenvalue weighted by atomic mass is 9.91. The lowest BCUT2D eigenvalue weighted by Crippen LogP contribution is -2.16. The number of aromatic nitrogens is 11. The van der Waals surface area contributed by atoms with Crippen molar-refractivity contribution < 1.29 is 53.1 Å². The first kappa shape index (κ1) is 66.3. The van der Waals surface area contributed by atoms with Crippen molar-refractivity contribution in [1.29, 1.82) is 5.26 Å². The van der Waals surface area contributed by atoms with Crippen LogP contribution in [-0.2, 0) is 29.8 Å². The zero-order chi connectivity index (χ0) is 64.6. The van der Waals surface area contributed by atoms with Gasteiger partial charge in [-0.2, -0.15) is 50.0 Å². The lowest BCUT2D eigenvalue weighted by Gasteiger charge is -2.15. The van der Waals surface area contributed by atoms with Crippen LogP contribution in [0.2, 0.25) is 0 Å². The largest absolute Gasteiger partial charge is 0.492 e. The second-order valence-electron chi connectivity index (χ2n) is 22.5. The second-order valence-corrected chi connectivity index (χ2v) is 22.5. The molecule has 2 aromatic carbocycles. The number of azo groups is 2. The Balaban J connectivity index is 1.34. The van der Waals surface area contributed by atoms with Crippen LogP contribution in [0.3, 0.4) is 0 Å². The van der Waals surface area contributed by atoms with Gasteiger partial charge in [0, 0.05) is 23.3 Å². The van der Waals surface area contributed by atoms with E-state index in [1.807, 2.05) is 55.4 Å². The van der Waals surface area contributed by atoms with Gasteiger partial charge in [0.25, 0.3) is 17.6 Å². The number of ether oxygens (including phenoxy) is 5. The van der Waals surface area contributed by atoms with Crippen LogP contribution in [-0.4, -0.2) is 115 Å². The van der Waals surface area contributed by atoms with Gasteiger partial charge < -0.3 is 33.9 Å². The van der Waals surface area contributed by atoms with Gasteiger partial charge in [0.05, 0.1) is 84.8 Å². The molecule has 0 saturated heterocycles. The molecule has 0 aliphatic rings. The van der Waals surface area contributed by atoms with Crippen LogP contribution in [0.4, 0.5) is 28.7 Å². The topological polar surface area (TPSA) is 342 Å². The molecule has 28 nitrogen and oxygen atoms in total. The summed E-state index contributed by atoms with van der Waals surface area (Å²) in [6.07, 6.45) is 9.44. The molecular weight excluding hydrogens is 1150 g/mol. The first-order valence-corrected chi connectivity index (χ1v) is 29.4. The van der Waals surface area contributed by atoms with Gasteiger partial charge in [0.1, 0.15) is 17.4 Å². The zero-order valence-electron chi connectivity index (χ0n) is 51.9. The molecule has 0 atom stereocenters. The van der Waals surface area contributed by atoms with E-state index in [9.17, 15) is 34.7 Å². The first-order chi connectivity index (χ1) is 42.6. The van der Waals surface area contributed by atoms with E-state index in [1.54, 1.807) is 20.8 Å². The number of nitrogens with zero attached hydrogens (tertiary/aromatic N) is 17. The Morgan fingerprint density at radius 2 is 1.03 bits per heavy atom. The number of benzene rings is 2. The first-order valence-electron chi connectivity index (χ1n) is 29.4. The monoisotopic (exact) mass is 1220 g/mol. The summed E-state index contributed by atoms with van der Waals surface area (Å²) >= 11 is 0. The molecule has 0 aliphatic heterocycles. The highest BCUT2D eigenvalue weighted by Gasteiger charge is 2.33. The average Bonchev–Trinajstić information content (AvgIpc) is 1.82. The highest BCUT2D eigenvalue weighted by molar-refractivity contribution is 5.96. The lowest BCUT2D eigenvalue weighted by molar-refractivity contribution is -0.134. The van der Waals surface area contributed by atoms with Gasteiger partial charge in [0.15, 0.2) is 23.0 Å². The van der Waals surface area contributed by atoms with Crippen LogP contribution < -0.4 is 9.47 Å². The minimum atomic E-state index is -0.871. The number of rotatable bonds is 28. The highest BCUT2D eigenvalue weighted by Crippen LogP contribution is 2.43. The van der Waals surface area contributed by atoms with E-state index in [1.165, 1.54) is 58.2 Å². The molecule has 2 N–H and O–H groups in total. The number of carbonyl (C=O) groups is 4. The van der Waals surface area contributed by atoms with Crippen LogP contribution in [0.1, 0.15) is 195 Å². The number of esters is 4. The average molecular weight is 1220 g/mol. The quantitative estimate of drug-likeness (QED) is 0.0115. The van der Waals surface area contributed by atoms with Crippen molar-refractivity contribution in [2.45, 2.75) is 158 Å². The van der Waals surface area contributed by atoms with Crippen LogP contribution in [0.5, 0.6) is 23.5 Å². The summed E-state index contributed by atoms with van der Waals surface area (Å²) in [6.45, 7) is 29.2. The maximum absolute atomic E-state index is 13.4. The zero-order valence-corrected chi connectivity index (χ0v) is 51.9. The van der Waals surface area contributed by atoms with Crippen LogP contribution in [0, 0.1) is 17.9 Å². The maximum atomic E-state index is 13.4. The van der Waals surface area contributed by atoms with Crippen molar-refractivity contribution in [1.82, 2.24) is 54.1 Å². The Hall–Kier alpha value is -10.2. The fourth-order valence-electron chi connectivity index (χ4n) is 8.30. The molecule has 7 aromatic rings. The SMILES string of the molecule is [C-]#[N+]c1cnn(-c2cc(C(=O)OCCCC)cc(C(=O)OCCCC)c2)c1N=Nc1c(C(C)(C)C)nn(-c2nc(OCCCC)nc(-n3nc(C(C)(C)C)c(N=Nc4c(C#N)cnn4-c4cc(OC(=O)CCCC)cc(C(=O)OCCCC)c4)c3O)n2)c1O. The number of aromatic hydroxyl groups is 2. The van der Waals surface area contributed by atoms with Crippen molar-refractivity contribution in [3.8, 4) is 52.9 Å². The molecule has 28 heteroatoms. The Morgan fingerprint density at radius 3 is 1.51 bits per heavy atom. The molecule has 0 unspecified atom stereocenters. The minimum Gasteiger partial charge on any atom is -0.492 e. The van der Waals surface area contributed by atoms with Gasteiger partial charge in [-0.15, -0.1) is 20.5 Å². The predicted molar refractivity (Wildman–Crippen MR) is 322 cm³/mol. The summed E-state index contributed by atoms with van der Waals surface area (Å²) in [7, 11) is 0. The number of nitriles is 1. The van der Waals surface area contributed by atoms with Gasteiger partial charge in [0.2, 0.25) is 11.8 Å². The fourth-order valence-corrected chi connectivity index (χ4v) is 8.30. The Bertz CT molecular complexity index is 3810. The molecule has 89 heavy (non-hydrogen) atoms. The van der Waals surface area contributed by atoms with Crippen LogP contribution in [0.15, 0.2) is 69.2 Å². The Kier molecular flexibility index (Phi) is 22.3. The number of unbranched alkanes of at least 4 members (excludes halogenated alkanes) is 5. The maximum Gasteiger partial charge on any atom is 0.338 e. The van der Waals surface area contributed by atoms with E-state index in [0.717, 1.165) is 41.5 Å². The van der Waals surface area contributed by atoms with E-state index in [0.29, 0.717) is 32.1 Å². The number of hydrogen-bond acceptors (Lipinski definition) is 23. The number of carbonyl (C=O) groups excluding carboxylic acids is 4. The Labute approximate surface area is 514 Å². The third kappa shape index (κ3) is 16.2. The normalized spacial score (nSPS) is 11.7. The van der Waals surface area contributed by atoms with E-state index < -0.39 is 46.5 Å². The van der Waals surface area contributed by atoms with Crippen molar-refractivity contribution >= 4 is 52.6 Å². The summed E-state index contributed by atoms with van der Waals surface area (Å²) in [5.74, 6) is -4.77. The second kappa shape index (κ2) is 29.9. The third-order valence-corrected chi connectivity index (χ3v) is 13.2. The Morgan fingerprint density at radius 1 is 0.584 bits per heavy atom. The minimum absolute atomic E-state index is 0.0183. The third-order valence-electron chi connectivity index (χ3n) is 13.2. The molecule has 5 heterocycles. The van der Waals surface area contributed by atoms with Gasteiger partial charge in [-0.05, 0) is 62.4 Å². The molecule has 0 amide bonds. The molecule has 0 fully saturated rings. The van der Waals surface area contributed by atoms with Crippen molar-refractivity contribution in [3.63, 3.8) is 0 Å². The molecular formula is C61H73N17O11. The molecule has 0 saturated carbocycles. The number of hydrogen-bond donors (Lipinski definition) is 2.